The summed E-state index contributed by atoms with van der Waals surface area (Å²) in [6.07, 6.45) is 0. The average Bonchev–Trinajstić information content (AvgIpc) is 2.17. The highest BCUT2D eigenvalue weighted by molar-refractivity contribution is 9.10. The van der Waals surface area contributed by atoms with Crippen LogP contribution in [0.2, 0.25) is 0 Å². The van der Waals surface area contributed by atoms with E-state index >= 15 is 0 Å². The molecule has 0 atom stereocenters. The minimum Gasteiger partial charge on any atom is -0.492 e. The molecule has 0 saturated carbocycles. The first-order chi connectivity index (χ1) is 7.18. The van der Waals surface area contributed by atoms with Crippen molar-refractivity contribution in [3.8, 4) is 5.75 Å². The van der Waals surface area contributed by atoms with Crippen molar-refractivity contribution in [2.75, 3.05) is 19.7 Å². The molecule has 0 saturated heterocycles. The van der Waals surface area contributed by atoms with Gasteiger partial charge in [0.05, 0.1) is 6.54 Å². The van der Waals surface area contributed by atoms with Crippen LogP contribution < -0.4 is 15.8 Å². The lowest BCUT2D eigenvalue weighted by Crippen LogP contribution is -2.31. The van der Waals surface area contributed by atoms with Gasteiger partial charge in [0, 0.05) is 11.0 Å². The Kier molecular flexibility index (Phi) is 5.14. The second-order valence-corrected chi connectivity index (χ2v) is 3.86. The SMILES string of the molecule is NC(=O)CNCCOc1cccc(Br)c1. The zero-order chi connectivity index (χ0) is 11.1. The van der Waals surface area contributed by atoms with Crippen molar-refractivity contribution in [2.45, 2.75) is 0 Å². The highest BCUT2D eigenvalue weighted by Crippen LogP contribution is 2.17. The highest BCUT2D eigenvalue weighted by atomic mass is 79.9. The summed E-state index contributed by atoms with van der Waals surface area (Å²) >= 11 is 3.35. The fraction of sp³-hybridized carbons (Fsp3) is 0.300. The standard InChI is InChI=1S/C10H13BrN2O2/c11-8-2-1-3-9(6-8)15-5-4-13-7-10(12)14/h1-3,6,13H,4-5,7H2,(H2,12,14). The molecule has 0 aliphatic heterocycles. The largest absolute Gasteiger partial charge is 0.492 e. The normalized spacial score (nSPS) is 9.93. The first-order valence-corrected chi connectivity index (χ1v) is 5.35. The fourth-order valence-corrected chi connectivity index (χ4v) is 1.39. The third-order valence-corrected chi connectivity index (χ3v) is 2.14. The predicted octanol–water partition coefficient (Wildman–Crippen LogP) is 0.903. The molecular formula is C10H13BrN2O2. The minimum atomic E-state index is -0.363. The van der Waals surface area contributed by atoms with Gasteiger partial charge < -0.3 is 15.8 Å². The van der Waals surface area contributed by atoms with E-state index in [-0.39, 0.29) is 12.5 Å². The van der Waals surface area contributed by atoms with Gasteiger partial charge in [-0.05, 0) is 18.2 Å². The maximum Gasteiger partial charge on any atom is 0.231 e. The van der Waals surface area contributed by atoms with Crippen LogP contribution in [0.1, 0.15) is 0 Å². The van der Waals surface area contributed by atoms with E-state index in [4.69, 9.17) is 10.5 Å². The summed E-state index contributed by atoms with van der Waals surface area (Å²) in [6, 6.07) is 7.58. The van der Waals surface area contributed by atoms with Gasteiger partial charge in [0.25, 0.3) is 0 Å². The molecule has 4 nitrogen and oxygen atoms in total. The molecule has 0 aliphatic carbocycles. The maximum atomic E-state index is 10.4. The summed E-state index contributed by atoms with van der Waals surface area (Å²) in [4.78, 5) is 10.4. The van der Waals surface area contributed by atoms with Crippen LogP contribution in [-0.4, -0.2) is 25.6 Å². The molecule has 1 aromatic carbocycles. The Morgan fingerprint density at radius 1 is 1.53 bits per heavy atom. The number of primary amides is 1. The van der Waals surface area contributed by atoms with Crippen LogP contribution in [0.25, 0.3) is 0 Å². The van der Waals surface area contributed by atoms with E-state index in [0.29, 0.717) is 13.2 Å². The molecule has 0 aromatic heterocycles. The van der Waals surface area contributed by atoms with E-state index in [1.165, 1.54) is 0 Å². The second-order valence-electron chi connectivity index (χ2n) is 2.95. The summed E-state index contributed by atoms with van der Waals surface area (Å²) in [7, 11) is 0. The van der Waals surface area contributed by atoms with Gasteiger partial charge in [0.1, 0.15) is 12.4 Å². The van der Waals surface area contributed by atoms with Gasteiger partial charge in [-0.3, -0.25) is 4.79 Å². The number of hydrogen-bond donors (Lipinski definition) is 2. The van der Waals surface area contributed by atoms with E-state index in [1.807, 2.05) is 24.3 Å². The van der Waals surface area contributed by atoms with E-state index in [0.717, 1.165) is 10.2 Å². The summed E-state index contributed by atoms with van der Waals surface area (Å²) in [6.45, 7) is 1.28. The Morgan fingerprint density at radius 2 is 2.33 bits per heavy atom. The van der Waals surface area contributed by atoms with E-state index in [9.17, 15) is 4.79 Å². The topological polar surface area (TPSA) is 64.4 Å². The highest BCUT2D eigenvalue weighted by Gasteiger charge is 1.95. The molecule has 1 amide bonds. The molecule has 3 N–H and O–H groups in total. The molecule has 0 unspecified atom stereocenters. The quantitative estimate of drug-likeness (QED) is 0.757. The molecule has 0 spiro atoms. The summed E-state index contributed by atoms with van der Waals surface area (Å²) in [5.41, 5.74) is 4.96. The monoisotopic (exact) mass is 272 g/mol. The van der Waals surface area contributed by atoms with E-state index in [1.54, 1.807) is 0 Å². The number of benzene rings is 1. The summed E-state index contributed by atoms with van der Waals surface area (Å²) in [5.74, 6) is 0.433. The van der Waals surface area contributed by atoms with Crippen molar-refractivity contribution in [2.24, 2.45) is 5.73 Å². The van der Waals surface area contributed by atoms with Crippen molar-refractivity contribution in [1.82, 2.24) is 5.32 Å². The van der Waals surface area contributed by atoms with Crippen LogP contribution in [0.5, 0.6) is 5.75 Å². The van der Waals surface area contributed by atoms with E-state index in [2.05, 4.69) is 21.2 Å². The van der Waals surface area contributed by atoms with Gasteiger partial charge in [-0.2, -0.15) is 0 Å². The maximum absolute atomic E-state index is 10.4. The van der Waals surface area contributed by atoms with Crippen molar-refractivity contribution in [1.29, 1.82) is 0 Å². The first kappa shape index (κ1) is 12.0. The van der Waals surface area contributed by atoms with Gasteiger partial charge in [0.2, 0.25) is 5.91 Å². The van der Waals surface area contributed by atoms with Crippen LogP contribution in [0.15, 0.2) is 28.7 Å². The molecule has 0 aliphatic rings. The number of ether oxygens (including phenoxy) is 1. The number of carbonyl (C=O) groups is 1. The molecule has 5 heteroatoms. The number of halogens is 1. The van der Waals surface area contributed by atoms with Crippen LogP contribution in [0.4, 0.5) is 0 Å². The minimum absolute atomic E-state index is 0.182. The Bertz CT molecular complexity index is 331. The number of nitrogens with one attached hydrogen (secondary N) is 1. The molecule has 0 heterocycles. The van der Waals surface area contributed by atoms with Crippen LogP contribution >= 0.6 is 15.9 Å². The van der Waals surface area contributed by atoms with Crippen molar-refractivity contribution in [3.05, 3.63) is 28.7 Å². The average molecular weight is 273 g/mol. The third kappa shape index (κ3) is 5.39. The predicted molar refractivity (Wildman–Crippen MR) is 61.7 cm³/mol. The molecule has 15 heavy (non-hydrogen) atoms. The lowest BCUT2D eigenvalue weighted by atomic mass is 10.3. The second kappa shape index (κ2) is 6.42. The van der Waals surface area contributed by atoms with Gasteiger partial charge in [-0.15, -0.1) is 0 Å². The lowest BCUT2D eigenvalue weighted by molar-refractivity contribution is -0.117. The van der Waals surface area contributed by atoms with E-state index < -0.39 is 0 Å². The van der Waals surface area contributed by atoms with Crippen molar-refractivity contribution >= 4 is 21.8 Å². The third-order valence-electron chi connectivity index (χ3n) is 1.64. The van der Waals surface area contributed by atoms with Crippen LogP contribution in [0.3, 0.4) is 0 Å². The Morgan fingerprint density at radius 3 is 3.00 bits per heavy atom. The lowest BCUT2D eigenvalue weighted by Gasteiger charge is -2.06. The van der Waals surface area contributed by atoms with Crippen molar-refractivity contribution in [3.63, 3.8) is 0 Å². The molecule has 0 radical (unpaired) electrons. The number of amides is 1. The Balaban J connectivity index is 2.17. The fourth-order valence-electron chi connectivity index (χ4n) is 1.01. The molecule has 1 rings (SSSR count). The number of carbonyl (C=O) groups excluding carboxylic acids is 1. The Hall–Kier alpha value is -1.07. The zero-order valence-electron chi connectivity index (χ0n) is 8.20. The molecule has 82 valence electrons. The van der Waals surface area contributed by atoms with Gasteiger partial charge >= 0.3 is 0 Å². The smallest absolute Gasteiger partial charge is 0.231 e. The molecule has 0 fully saturated rings. The van der Waals surface area contributed by atoms with Crippen LogP contribution in [-0.2, 0) is 4.79 Å². The van der Waals surface area contributed by atoms with Crippen LogP contribution in [0, 0.1) is 0 Å². The summed E-state index contributed by atoms with van der Waals surface area (Å²) in [5, 5.41) is 2.86. The molecule has 1 aromatic rings. The number of hydrogen-bond acceptors (Lipinski definition) is 3. The zero-order valence-corrected chi connectivity index (χ0v) is 9.79. The molecule has 0 bridgehead atoms. The van der Waals surface area contributed by atoms with Gasteiger partial charge in [-0.1, -0.05) is 22.0 Å². The van der Waals surface area contributed by atoms with Gasteiger partial charge in [0.15, 0.2) is 0 Å². The number of rotatable bonds is 6. The van der Waals surface area contributed by atoms with Crippen molar-refractivity contribution < 1.29 is 9.53 Å². The first-order valence-electron chi connectivity index (χ1n) is 4.56. The number of nitrogens with two attached hydrogens (primary N) is 1. The molecular weight excluding hydrogens is 260 g/mol. The van der Waals surface area contributed by atoms with Gasteiger partial charge in [-0.25, -0.2) is 0 Å². The summed E-state index contributed by atoms with van der Waals surface area (Å²) < 4.78 is 6.40. The Labute approximate surface area is 96.9 Å².